The van der Waals surface area contributed by atoms with Crippen LogP contribution in [-0.2, 0) is 6.54 Å². The molecule has 84 valence electrons. The van der Waals surface area contributed by atoms with Crippen LogP contribution in [0.4, 0.5) is 0 Å². The Hall–Kier alpha value is -0.380. The fourth-order valence-electron chi connectivity index (χ4n) is 1.50. The number of benzene rings is 1. The lowest BCUT2D eigenvalue weighted by Gasteiger charge is -2.19. The van der Waals surface area contributed by atoms with Gasteiger partial charge in [0, 0.05) is 17.6 Å². The summed E-state index contributed by atoms with van der Waals surface area (Å²) < 4.78 is 1.10. The van der Waals surface area contributed by atoms with Crippen molar-refractivity contribution in [2.45, 2.75) is 26.0 Å². The van der Waals surface area contributed by atoms with Gasteiger partial charge in [-0.3, -0.25) is 4.90 Å². The van der Waals surface area contributed by atoms with Crippen molar-refractivity contribution >= 4 is 15.9 Å². The summed E-state index contributed by atoms with van der Waals surface area (Å²) in [5.41, 5.74) is 1.26. The van der Waals surface area contributed by atoms with E-state index in [1.165, 1.54) is 5.56 Å². The Morgan fingerprint density at radius 1 is 1.47 bits per heavy atom. The molecule has 0 amide bonds. The number of hydrogen-bond donors (Lipinski definition) is 1. The molecule has 0 saturated carbocycles. The highest BCUT2D eigenvalue weighted by atomic mass is 79.9. The molecule has 0 fully saturated rings. The zero-order valence-corrected chi connectivity index (χ0v) is 10.9. The van der Waals surface area contributed by atoms with Gasteiger partial charge in [-0.2, -0.15) is 0 Å². The maximum atomic E-state index is 9.51. The zero-order chi connectivity index (χ0) is 11.3. The fraction of sp³-hybridized carbons (Fsp3) is 0.500. The van der Waals surface area contributed by atoms with E-state index in [4.69, 9.17) is 0 Å². The molecule has 0 aliphatic carbocycles. The van der Waals surface area contributed by atoms with Crippen LogP contribution in [0, 0.1) is 0 Å². The highest BCUT2D eigenvalue weighted by molar-refractivity contribution is 9.10. The molecule has 0 aliphatic heterocycles. The van der Waals surface area contributed by atoms with Gasteiger partial charge in [-0.05, 0) is 31.2 Å². The molecule has 0 bridgehead atoms. The van der Waals surface area contributed by atoms with Gasteiger partial charge in [0.2, 0.25) is 0 Å². The quantitative estimate of drug-likeness (QED) is 0.890. The lowest BCUT2D eigenvalue weighted by atomic mass is 10.2. The molecule has 1 unspecified atom stereocenters. The van der Waals surface area contributed by atoms with Gasteiger partial charge in [-0.25, -0.2) is 0 Å². The topological polar surface area (TPSA) is 23.5 Å². The molecule has 0 heterocycles. The maximum absolute atomic E-state index is 9.51. The van der Waals surface area contributed by atoms with Crippen molar-refractivity contribution in [2.24, 2.45) is 0 Å². The number of likely N-dealkylation sites (N-methyl/N-ethyl adjacent to an activating group) is 1. The van der Waals surface area contributed by atoms with E-state index >= 15 is 0 Å². The molecule has 1 rings (SSSR count). The molecule has 0 spiro atoms. The summed E-state index contributed by atoms with van der Waals surface area (Å²) in [7, 11) is 2.03. The van der Waals surface area contributed by atoms with Crippen molar-refractivity contribution in [3.8, 4) is 0 Å². The number of rotatable bonds is 5. The van der Waals surface area contributed by atoms with Gasteiger partial charge in [0.05, 0.1) is 6.10 Å². The van der Waals surface area contributed by atoms with E-state index in [0.717, 1.165) is 24.0 Å². The molecule has 1 aromatic rings. The Morgan fingerprint density at radius 3 is 2.80 bits per heavy atom. The van der Waals surface area contributed by atoms with Gasteiger partial charge in [-0.15, -0.1) is 0 Å². The molecule has 0 aliphatic rings. The first-order chi connectivity index (χ1) is 7.11. The minimum atomic E-state index is -0.220. The predicted molar refractivity (Wildman–Crippen MR) is 66.8 cm³/mol. The van der Waals surface area contributed by atoms with E-state index in [1.807, 2.05) is 26.1 Å². The molecule has 0 saturated heterocycles. The van der Waals surface area contributed by atoms with Crippen LogP contribution in [0.2, 0.25) is 0 Å². The molecule has 3 heteroatoms. The molecule has 15 heavy (non-hydrogen) atoms. The molecule has 0 radical (unpaired) electrons. The molecular weight excluding hydrogens is 254 g/mol. The second-order valence-electron chi connectivity index (χ2n) is 3.89. The van der Waals surface area contributed by atoms with Crippen molar-refractivity contribution in [1.29, 1.82) is 0 Å². The van der Waals surface area contributed by atoms with Gasteiger partial charge in [0.15, 0.2) is 0 Å². The summed E-state index contributed by atoms with van der Waals surface area (Å²) in [5, 5.41) is 9.51. The Morgan fingerprint density at radius 2 is 2.20 bits per heavy atom. The molecular formula is C12H18BrNO. The number of nitrogens with zero attached hydrogens (tertiary/aromatic N) is 1. The van der Waals surface area contributed by atoms with Gasteiger partial charge in [-0.1, -0.05) is 35.0 Å². The number of hydrogen-bond acceptors (Lipinski definition) is 2. The van der Waals surface area contributed by atoms with Crippen molar-refractivity contribution < 1.29 is 5.11 Å². The van der Waals surface area contributed by atoms with Crippen molar-refractivity contribution in [3.05, 3.63) is 34.3 Å². The van der Waals surface area contributed by atoms with Crippen LogP contribution in [-0.4, -0.2) is 29.7 Å². The first kappa shape index (κ1) is 12.7. The smallest absolute Gasteiger partial charge is 0.0664 e. The van der Waals surface area contributed by atoms with Gasteiger partial charge < -0.3 is 5.11 Å². The van der Waals surface area contributed by atoms with Crippen molar-refractivity contribution in [2.75, 3.05) is 13.6 Å². The Labute approximate surface area is 100 Å². The normalized spacial score (nSPS) is 13.1. The Bertz CT molecular complexity index is 303. The van der Waals surface area contributed by atoms with Gasteiger partial charge in [0.1, 0.15) is 0 Å². The first-order valence-corrected chi connectivity index (χ1v) is 6.02. The zero-order valence-electron chi connectivity index (χ0n) is 9.28. The molecule has 1 aromatic carbocycles. The average Bonchev–Trinajstić information content (AvgIpc) is 2.17. The van der Waals surface area contributed by atoms with E-state index < -0.39 is 0 Å². The molecule has 2 nitrogen and oxygen atoms in total. The number of aliphatic hydroxyl groups is 1. The second kappa shape index (κ2) is 6.26. The third-order valence-corrected chi connectivity index (χ3v) is 2.83. The van der Waals surface area contributed by atoms with Crippen molar-refractivity contribution in [1.82, 2.24) is 4.90 Å². The molecule has 0 aromatic heterocycles. The van der Waals surface area contributed by atoms with Gasteiger partial charge >= 0.3 is 0 Å². The minimum absolute atomic E-state index is 0.220. The average molecular weight is 272 g/mol. The monoisotopic (exact) mass is 271 g/mol. The predicted octanol–water partition coefficient (Wildman–Crippen LogP) is 2.65. The van der Waals surface area contributed by atoms with E-state index in [0.29, 0.717) is 0 Å². The van der Waals surface area contributed by atoms with E-state index in [-0.39, 0.29) is 6.10 Å². The van der Waals surface area contributed by atoms with Crippen LogP contribution in [0.15, 0.2) is 28.7 Å². The largest absolute Gasteiger partial charge is 0.392 e. The van der Waals surface area contributed by atoms with Crippen LogP contribution in [0.5, 0.6) is 0 Å². The van der Waals surface area contributed by atoms with Crippen LogP contribution < -0.4 is 0 Å². The summed E-state index contributed by atoms with van der Waals surface area (Å²) in [6, 6.07) is 8.25. The lowest BCUT2D eigenvalue weighted by Crippen LogP contribution is -2.28. The Kier molecular flexibility index (Phi) is 5.29. The minimum Gasteiger partial charge on any atom is -0.392 e. The number of halogens is 1. The lowest BCUT2D eigenvalue weighted by molar-refractivity contribution is 0.119. The molecule has 1 atom stereocenters. The van der Waals surface area contributed by atoms with E-state index in [2.05, 4.69) is 33.0 Å². The van der Waals surface area contributed by atoms with Crippen LogP contribution in [0.1, 0.15) is 18.9 Å². The summed E-state index contributed by atoms with van der Waals surface area (Å²) in [6.45, 7) is 3.59. The van der Waals surface area contributed by atoms with E-state index in [9.17, 15) is 5.11 Å². The SMILES string of the molecule is CCC(O)CN(C)Cc1cccc(Br)c1. The van der Waals surface area contributed by atoms with Crippen molar-refractivity contribution in [3.63, 3.8) is 0 Å². The summed E-state index contributed by atoms with van der Waals surface area (Å²) in [4.78, 5) is 2.13. The second-order valence-corrected chi connectivity index (χ2v) is 4.80. The van der Waals surface area contributed by atoms with Gasteiger partial charge in [0.25, 0.3) is 0 Å². The highest BCUT2D eigenvalue weighted by Gasteiger charge is 2.06. The number of aliphatic hydroxyl groups excluding tert-OH is 1. The van der Waals surface area contributed by atoms with Crippen LogP contribution >= 0.6 is 15.9 Å². The highest BCUT2D eigenvalue weighted by Crippen LogP contribution is 2.13. The standard InChI is InChI=1S/C12H18BrNO/c1-3-12(15)9-14(2)8-10-5-4-6-11(13)7-10/h4-7,12,15H,3,8-9H2,1-2H3. The first-order valence-electron chi connectivity index (χ1n) is 5.23. The third-order valence-electron chi connectivity index (χ3n) is 2.34. The summed E-state index contributed by atoms with van der Waals surface area (Å²) in [6.07, 6.45) is 0.588. The molecule has 1 N–H and O–H groups in total. The maximum Gasteiger partial charge on any atom is 0.0664 e. The van der Waals surface area contributed by atoms with Crippen LogP contribution in [0.25, 0.3) is 0 Å². The third kappa shape index (κ3) is 4.78. The van der Waals surface area contributed by atoms with Crippen LogP contribution in [0.3, 0.4) is 0 Å². The summed E-state index contributed by atoms with van der Waals surface area (Å²) in [5.74, 6) is 0. The fourth-order valence-corrected chi connectivity index (χ4v) is 1.95. The van der Waals surface area contributed by atoms with E-state index in [1.54, 1.807) is 0 Å². The summed E-state index contributed by atoms with van der Waals surface area (Å²) >= 11 is 3.45. The Balaban J connectivity index is 2.47.